The third-order valence-corrected chi connectivity index (χ3v) is 1.80. The summed E-state index contributed by atoms with van der Waals surface area (Å²) in [5, 5.41) is 0. The largest absolute Gasteiger partial charge is 0.264 e. The molecular formula is C9H12ClN. The predicted molar refractivity (Wildman–Crippen MR) is 48.0 cm³/mol. The Kier molecular flexibility index (Phi) is 3.37. The molecule has 1 heterocycles. The maximum absolute atomic E-state index is 5.57. The molecule has 0 atom stereocenters. The fraction of sp³-hybridized carbons (Fsp3) is 0.444. The zero-order valence-electron chi connectivity index (χ0n) is 6.68. The minimum absolute atomic E-state index is 0.730. The molecule has 0 aliphatic rings. The second-order valence-electron chi connectivity index (χ2n) is 2.66. The molecule has 0 saturated heterocycles. The molecule has 0 bridgehead atoms. The van der Waals surface area contributed by atoms with Crippen molar-refractivity contribution < 1.29 is 0 Å². The van der Waals surface area contributed by atoms with Crippen LogP contribution >= 0.6 is 11.6 Å². The van der Waals surface area contributed by atoms with Gasteiger partial charge in [-0.15, -0.1) is 11.6 Å². The van der Waals surface area contributed by atoms with E-state index in [1.54, 1.807) is 0 Å². The lowest BCUT2D eigenvalue weighted by Gasteiger charge is -1.98. The number of aryl methyl sites for hydroxylation is 2. The summed E-state index contributed by atoms with van der Waals surface area (Å²) in [5.74, 6) is 0.730. The van der Waals surface area contributed by atoms with Crippen molar-refractivity contribution in [3.63, 3.8) is 0 Å². The molecule has 0 aliphatic heterocycles. The van der Waals surface area contributed by atoms with E-state index in [0.29, 0.717) is 0 Å². The lowest BCUT2D eigenvalue weighted by atomic mass is 10.1. The molecular weight excluding hydrogens is 158 g/mol. The van der Waals surface area contributed by atoms with Crippen molar-refractivity contribution in [3.05, 3.63) is 29.6 Å². The van der Waals surface area contributed by atoms with Crippen molar-refractivity contribution in [3.8, 4) is 0 Å². The first-order valence-electron chi connectivity index (χ1n) is 3.79. The summed E-state index contributed by atoms with van der Waals surface area (Å²) >= 11 is 5.57. The molecule has 0 aliphatic carbocycles. The maximum atomic E-state index is 5.57. The molecule has 0 amide bonds. The van der Waals surface area contributed by atoms with Gasteiger partial charge in [-0.05, 0) is 30.9 Å². The summed E-state index contributed by atoms with van der Waals surface area (Å²) in [6.07, 6.45) is 5.84. The molecule has 1 aromatic rings. The Morgan fingerprint density at radius 2 is 2.27 bits per heavy atom. The van der Waals surface area contributed by atoms with Crippen LogP contribution in [0, 0.1) is 6.92 Å². The van der Waals surface area contributed by atoms with Gasteiger partial charge in [-0.25, -0.2) is 0 Å². The number of rotatable bonds is 3. The van der Waals surface area contributed by atoms with Crippen molar-refractivity contribution in [1.82, 2.24) is 4.98 Å². The second kappa shape index (κ2) is 4.35. The molecule has 1 rings (SSSR count). The van der Waals surface area contributed by atoms with Crippen LogP contribution in [0.2, 0.25) is 0 Å². The topological polar surface area (TPSA) is 12.9 Å². The van der Waals surface area contributed by atoms with Crippen LogP contribution in [0.3, 0.4) is 0 Å². The third kappa shape index (κ3) is 2.89. The van der Waals surface area contributed by atoms with Gasteiger partial charge < -0.3 is 0 Å². The van der Waals surface area contributed by atoms with Crippen LogP contribution in [0.15, 0.2) is 18.5 Å². The molecule has 1 nitrogen and oxygen atoms in total. The maximum Gasteiger partial charge on any atom is 0.0300 e. The molecule has 2 heteroatoms. The van der Waals surface area contributed by atoms with Crippen LogP contribution in [-0.2, 0) is 6.42 Å². The molecule has 1 aromatic heterocycles. The normalized spacial score (nSPS) is 10.0. The summed E-state index contributed by atoms with van der Waals surface area (Å²) in [7, 11) is 0. The van der Waals surface area contributed by atoms with E-state index in [0.717, 1.165) is 18.7 Å². The van der Waals surface area contributed by atoms with E-state index in [-0.39, 0.29) is 0 Å². The first kappa shape index (κ1) is 8.54. The van der Waals surface area contributed by atoms with Crippen molar-refractivity contribution >= 4 is 11.6 Å². The van der Waals surface area contributed by atoms with E-state index < -0.39 is 0 Å². The monoisotopic (exact) mass is 169 g/mol. The molecule has 60 valence electrons. The first-order chi connectivity index (χ1) is 5.33. The van der Waals surface area contributed by atoms with Crippen LogP contribution in [0.5, 0.6) is 0 Å². The van der Waals surface area contributed by atoms with Crippen LogP contribution < -0.4 is 0 Å². The van der Waals surface area contributed by atoms with Gasteiger partial charge in [-0.1, -0.05) is 6.07 Å². The van der Waals surface area contributed by atoms with E-state index >= 15 is 0 Å². The molecule has 0 radical (unpaired) electrons. The van der Waals surface area contributed by atoms with Crippen molar-refractivity contribution in [2.45, 2.75) is 19.8 Å². The zero-order valence-corrected chi connectivity index (χ0v) is 7.43. The van der Waals surface area contributed by atoms with Gasteiger partial charge in [0.25, 0.3) is 0 Å². The average molecular weight is 170 g/mol. The van der Waals surface area contributed by atoms with Crippen LogP contribution in [0.1, 0.15) is 17.5 Å². The van der Waals surface area contributed by atoms with Gasteiger partial charge in [-0.2, -0.15) is 0 Å². The van der Waals surface area contributed by atoms with Crippen LogP contribution in [0.4, 0.5) is 0 Å². The van der Waals surface area contributed by atoms with Gasteiger partial charge >= 0.3 is 0 Å². The lowest BCUT2D eigenvalue weighted by Crippen LogP contribution is -1.88. The van der Waals surface area contributed by atoms with E-state index in [4.69, 9.17) is 11.6 Å². The highest BCUT2D eigenvalue weighted by Crippen LogP contribution is 2.04. The SMILES string of the molecule is Cc1cncc(CCCCl)c1. The molecule has 0 fully saturated rings. The van der Waals surface area contributed by atoms with Gasteiger partial charge in [0.15, 0.2) is 0 Å². The number of alkyl halides is 1. The van der Waals surface area contributed by atoms with Gasteiger partial charge in [-0.3, -0.25) is 4.98 Å². The summed E-state index contributed by atoms with van der Waals surface area (Å²) < 4.78 is 0. The van der Waals surface area contributed by atoms with Gasteiger partial charge in [0.05, 0.1) is 0 Å². The number of halogens is 1. The minimum atomic E-state index is 0.730. The number of pyridine rings is 1. The molecule has 11 heavy (non-hydrogen) atoms. The van der Waals surface area contributed by atoms with Crippen LogP contribution in [0.25, 0.3) is 0 Å². The number of aromatic nitrogens is 1. The highest BCUT2D eigenvalue weighted by molar-refractivity contribution is 6.17. The molecule has 0 aromatic carbocycles. The van der Waals surface area contributed by atoms with E-state index in [1.165, 1.54) is 11.1 Å². The Balaban J connectivity index is 2.56. The highest BCUT2D eigenvalue weighted by Gasteiger charge is 1.92. The summed E-state index contributed by atoms with van der Waals surface area (Å²) in [4.78, 5) is 4.09. The first-order valence-corrected chi connectivity index (χ1v) is 4.33. The van der Waals surface area contributed by atoms with Gasteiger partial charge in [0, 0.05) is 18.3 Å². The number of hydrogen-bond donors (Lipinski definition) is 0. The van der Waals surface area contributed by atoms with E-state index in [1.807, 2.05) is 12.4 Å². The molecule has 0 N–H and O–H groups in total. The minimum Gasteiger partial charge on any atom is -0.264 e. The van der Waals surface area contributed by atoms with Gasteiger partial charge in [0.2, 0.25) is 0 Å². The number of hydrogen-bond acceptors (Lipinski definition) is 1. The molecule has 0 unspecified atom stereocenters. The number of nitrogens with zero attached hydrogens (tertiary/aromatic N) is 1. The van der Waals surface area contributed by atoms with Crippen molar-refractivity contribution in [1.29, 1.82) is 0 Å². The Hall–Kier alpha value is -0.560. The zero-order chi connectivity index (χ0) is 8.10. The van der Waals surface area contributed by atoms with E-state index in [9.17, 15) is 0 Å². The van der Waals surface area contributed by atoms with E-state index in [2.05, 4.69) is 18.0 Å². The summed E-state index contributed by atoms with van der Waals surface area (Å²) in [6.45, 7) is 2.05. The Morgan fingerprint density at radius 1 is 1.45 bits per heavy atom. The molecule has 0 spiro atoms. The average Bonchev–Trinajstić information content (AvgIpc) is 2.01. The fourth-order valence-corrected chi connectivity index (χ4v) is 1.16. The quantitative estimate of drug-likeness (QED) is 0.634. The highest BCUT2D eigenvalue weighted by atomic mass is 35.5. The third-order valence-electron chi connectivity index (χ3n) is 1.53. The van der Waals surface area contributed by atoms with Gasteiger partial charge in [0.1, 0.15) is 0 Å². The molecule has 0 saturated carbocycles. The Morgan fingerprint density at radius 3 is 2.91 bits per heavy atom. The Bertz CT molecular complexity index is 223. The Labute approximate surface area is 72.4 Å². The summed E-state index contributed by atoms with van der Waals surface area (Å²) in [5.41, 5.74) is 2.50. The summed E-state index contributed by atoms with van der Waals surface area (Å²) in [6, 6.07) is 2.15. The lowest BCUT2D eigenvalue weighted by molar-refractivity contribution is 0.917. The van der Waals surface area contributed by atoms with Crippen molar-refractivity contribution in [2.24, 2.45) is 0 Å². The van der Waals surface area contributed by atoms with Crippen molar-refractivity contribution in [2.75, 3.05) is 5.88 Å². The second-order valence-corrected chi connectivity index (χ2v) is 3.04. The standard InChI is InChI=1S/C9H12ClN/c1-8-5-9(3-2-4-10)7-11-6-8/h5-7H,2-4H2,1H3. The smallest absolute Gasteiger partial charge is 0.0300 e. The predicted octanol–water partition coefficient (Wildman–Crippen LogP) is 2.56. The van der Waals surface area contributed by atoms with Crippen LogP contribution in [-0.4, -0.2) is 10.9 Å². The fourth-order valence-electron chi connectivity index (χ4n) is 1.03.